The normalized spacial score (nSPS) is 14.8. The molecule has 168 valence electrons. The van der Waals surface area contributed by atoms with Gasteiger partial charge in [0.15, 0.2) is 0 Å². The van der Waals surface area contributed by atoms with Gasteiger partial charge in [0.2, 0.25) is 5.95 Å². The number of nitrogens with one attached hydrogen (secondary N) is 1. The predicted octanol–water partition coefficient (Wildman–Crippen LogP) is 3.66. The number of hydrogen-bond acceptors (Lipinski definition) is 8. The molecule has 10 heteroatoms. The molecule has 0 bridgehead atoms. The summed E-state index contributed by atoms with van der Waals surface area (Å²) in [6.45, 7) is 11.7. The third-order valence-electron chi connectivity index (χ3n) is 5.84. The average Bonchev–Trinajstić information content (AvgIpc) is 3.25. The van der Waals surface area contributed by atoms with Crippen molar-refractivity contribution in [1.29, 1.82) is 0 Å². The molecule has 0 aliphatic carbocycles. The Balaban J connectivity index is 0.00000245. The van der Waals surface area contributed by atoms with Crippen molar-refractivity contribution in [2.24, 2.45) is 0 Å². The minimum atomic E-state index is 0. The highest BCUT2D eigenvalue weighted by Gasteiger charge is 2.16. The van der Waals surface area contributed by atoms with Gasteiger partial charge in [-0.1, -0.05) is 12.1 Å². The smallest absolute Gasteiger partial charge is 0.228 e. The van der Waals surface area contributed by atoms with Crippen LogP contribution in [0.1, 0.15) is 26.8 Å². The van der Waals surface area contributed by atoms with E-state index in [2.05, 4.69) is 62.2 Å². The van der Waals surface area contributed by atoms with Crippen LogP contribution in [-0.4, -0.2) is 67.6 Å². The van der Waals surface area contributed by atoms with E-state index in [4.69, 9.17) is 4.98 Å². The topological polar surface area (TPSA) is 87.9 Å². The molecule has 0 amide bonds. The van der Waals surface area contributed by atoms with Crippen LogP contribution >= 0.6 is 12.4 Å². The quantitative estimate of drug-likeness (QED) is 0.489. The Morgan fingerprint density at radius 2 is 1.81 bits per heavy atom. The van der Waals surface area contributed by atoms with Crippen molar-refractivity contribution in [3.63, 3.8) is 0 Å². The molecule has 32 heavy (non-hydrogen) atoms. The summed E-state index contributed by atoms with van der Waals surface area (Å²) in [6.07, 6.45) is 3.74. The van der Waals surface area contributed by atoms with Gasteiger partial charge in [-0.3, -0.25) is 0 Å². The lowest BCUT2D eigenvalue weighted by molar-refractivity contribution is 0.271. The summed E-state index contributed by atoms with van der Waals surface area (Å²) in [4.78, 5) is 18.7. The van der Waals surface area contributed by atoms with Gasteiger partial charge in [0, 0.05) is 43.8 Å². The lowest BCUT2D eigenvalue weighted by Gasteiger charge is -2.35. The highest BCUT2D eigenvalue weighted by Crippen LogP contribution is 2.26. The second-order valence-electron chi connectivity index (χ2n) is 8.14. The zero-order chi connectivity index (χ0) is 21.4. The van der Waals surface area contributed by atoms with E-state index >= 15 is 0 Å². The number of piperazine rings is 1. The molecule has 1 aliphatic heterocycles. The van der Waals surface area contributed by atoms with Crippen LogP contribution in [0.2, 0.25) is 0 Å². The third kappa shape index (κ3) is 4.18. The van der Waals surface area contributed by atoms with Crippen molar-refractivity contribution in [2.45, 2.75) is 26.8 Å². The maximum absolute atomic E-state index is 4.76. The van der Waals surface area contributed by atoms with E-state index in [1.807, 2.05) is 35.3 Å². The van der Waals surface area contributed by atoms with Gasteiger partial charge in [0.05, 0.1) is 11.9 Å². The third-order valence-corrected chi connectivity index (χ3v) is 5.84. The monoisotopic (exact) mass is 453 g/mol. The van der Waals surface area contributed by atoms with Gasteiger partial charge in [-0.25, -0.2) is 19.6 Å². The second kappa shape index (κ2) is 9.22. The van der Waals surface area contributed by atoms with E-state index in [1.165, 1.54) is 0 Å². The number of fused-ring (bicyclic) bond motifs is 3. The summed E-state index contributed by atoms with van der Waals surface area (Å²) < 4.78 is 1.90. The van der Waals surface area contributed by atoms with Crippen molar-refractivity contribution in [2.75, 3.05) is 42.9 Å². The van der Waals surface area contributed by atoms with Gasteiger partial charge in [0.25, 0.3) is 0 Å². The molecule has 0 unspecified atom stereocenters. The highest BCUT2D eigenvalue weighted by atomic mass is 35.5. The molecule has 1 saturated heterocycles. The van der Waals surface area contributed by atoms with Gasteiger partial charge in [-0.15, -0.1) is 17.5 Å². The van der Waals surface area contributed by atoms with Gasteiger partial charge >= 0.3 is 0 Å². The number of pyridine rings is 1. The van der Waals surface area contributed by atoms with Crippen molar-refractivity contribution >= 4 is 51.8 Å². The summed E-state index contributed by atoms with van der Waals surface area (Å²) >= 11 is 0. The summed E-state index contributed by atoms with van der Waals surface area (Å²) in [6, 6.07) is 8.21. The van der Waals surface area contributed by atoms with E-state index in [0.717, 1.165) is 66.2 Å². The second-order valence-corrected chi connectivity index (χ2v) is 8.14. The van der Waals surface area contributed by atoms with Gasteiger partial charge < -0.3 is 15.1 Å². The van der Waals surface area contributed by atoms with Gasteiger partial charge in [-0.05, 0) is 44.7 Å². The lowest BCUT2D eigenvalue weighted by Crippen LogP contribution is -2.46. The number of nitrogens with zero attached hydrogens (tertiary/aromatic N) is 8. The van der Waals surface area contributed by atoms with Crippen molar-refractivity contribution in [1.82, 2.24) is 34.8 Å². The molecule has 0 spiro atoms. The van der Waals surface area contributed by atoms with Crippen LogP contribution < -0.4 is 10.2 Å². The summed E-state index contributed by atoms with van der Waals surface area (Å²) in [7, 11) is 0. The van der Waals surface area contributed by atoms with Crippen LogP contribution in [0.5, 0.6) is 0 Å². The van der Waals surface area contributed by atoms with Gasteiger partial charge in [0.1, 0.15) is 22.4 Å². The maximum Gasteiger partial charge on any atom is 0.228 e. The van der Waals surface area contributed by atoms with Crippen LogP contribution in [-0.2, 0) is 0 Å². The van der Waals surface area contributed by atoms with Crippen LogP contribution in [0.25, 0.3) is 21.9 Å². The molecule has 1 aromatic carbocycles. The summed E-state index contributed by atoms with van der Waals surface area (Å²) in [5.41, 5.74) is 3.73. The van der Waals surface area contributed by atoms with E-state index in [1.54, 1.807) is 0 Å². The molecule has 4 heterocycles. The van der Waals surface area contributed by atoms with E-state index in [-0.39, 0.29) is 18.4 Å². The van der Waals surface area contributed by atoms with Gasteiger partial charge in [-0.2, -0.15) is 0 Å². The lowest BCUT2D eigenvalue weighted by atomic mass is 10.2. The molecule has 0 saturated carbocycles. The molecule has 4 aromatic rings. The standard InChI is InChI=1S/C22H27N9.ClH/c1-4-29-9-11-30(12-10-29)17-6-8-19(23-14-17)25-22-24-13-16-5-7-18-21(20(16)26-22)31(15(2)3)28-27-18;/h5-8,13-15H,4,9-12H2,1-3H3,(H,23,24,25,26);1H. The van der Waals surface area contributed by atoms with Crippen LogP contribution in [0, 0.1) is 0 Å². The van der Waals surface area contributed by atoms with Crippen molar-refractivity contribution in [3.05, 3.63) is 36.7 Å². The number of anilines is 3. The number of rotatable bonds is 5. The first-order valence-electron chi connectivity index (χ1n) is 10.8. The molecule has 1 N–H and O–H groups in total. The number of halogens is 1. The molecule has 1 fully saturated rings. The zero-order valence-corrected chi connectivity index (χ0v) is 19.4. The first kappa shape index (κ1) is 22.2. The Morgan fingerprint density at radius 1 is 1.00 bits per heavy atom. The molecule has 0 atom stereocenters. The first-order chi connectivity index (χ1) is 15.1. The summed E-state index contributed by atoms with van der Waals surface area (Å²) in [5.74, 6) is 1.23. The Hall–Kier alpha value is -3.04. The Morgan fingerprint density at radius 3 is 2.50 bits per heavy atom. The van der Waals surface area contributed by atoms with Crippen LogP contribution in [0.15, 0.2) is 36.7 Å². The average molecular weight is 454 g/mol. The van der Waals surface area contributed by atoms with Crippen molar-refractivity contribution < 1.29 is 0 Å². The van der Waals surface area contributed by atoms with E-state index < -0.39 is 0 Å². The van der Waals surface area contributed by atoms with Crippen LogP contribution in [0.4, 0.5) is 17.5 Å². The Labute approximate surface area is 193 Å². The minimum Gasteiger partial charge on any atom is -0.368 e. The SMILES string of the molecule is CCN1CCN(c2ccc(Nc3ncc4ccc5nnn(C(C)C)c5c4n3)nc2)CC1.Cl. The van der Waals surface area contributed by atoms with Crippen molar-refractivity contribution in [3.8, 4) is 0 Å². The largest absolute Gasteiger partial charge is 0.368 e. The molecule has 9 nitrogen and oxygen atoms in total. The number of likely N-dealkylation sites (N-methyl/N-ethyl adjacent to an activating group) is 1. The van der Waals surface area contributed by atoms with Crippen LogP contribution in [0.3, 0.4) is 0 Å². The molecular weight excluding hydrogens is 426 g/mol. The summed E-state index contributed by atoms with van der Waals surface area (Å²) in [5, 5.41) is 12.8. The Bertz CT molecular complexity index is 1200. The maximum atomic E-state index is 4.76. The first-order valence-corrected chi connectivity index (χ1v) is 10.8. The predicted molar refractivity (Wildman–Crippen MR) is 130 cm³/mol. The number of hydrogen-bond donors (Lipinski definition) is 1. The fourth-order valence-corrected chi connectivity index (χ4v) is 4.02. The molecule has 0 radical (unpaired) electrons. The molecule has 1 aliphatic rings. The molecule has 3 aromatic heterocycles. The van der Waals surface area contributed by atoms with E-state index in [0.29, 0.717) is 5.95 Å². The zero-order valence-electron chi connectivity index (χ0n) is 18.6. The number of aromatic nitrogens is 6. The fraction of sp³-hybridized carbons (Fsp3) is 0.409. The highest BCUT2D eigenvalue weighted by molar-refractivity contribution is 6.01. The van der Waals surface area contributed by atoms with E-state index in [9.17, 15) is 0 Å². The molecular formula is C22H28ClN9. The number of benzene rings is 1. The fourth-order valence-electron chi connectivity index (χ4n) is 4.02. The Kier molecular flexibility index (Phi) is 6.38. The minimum absolute atomic E-state index is 0. The molecule has 5 rings (SSSR count).